The molecule has 0 spiro atoms. The first kappa shape index (κ1) is 28.9. The predicted octanol–water partition coefficient (Wildman–Crippen LogP) is 3.59. The van der Waals surface area contributed by atoms with Gasteiger partial charge in [-0.05, 0) is 36.3 Å². The smallest absolute Gasteiger partial charge is 0.422 e. The maximum absolute atomic E-state index is 12.9. The second-order valence-electron chi connectivity index (χ2n) is 10.0. The molecule has 1 fully saturated rings. The molecule has 3 atom stereocenters. The van der Waals surface area contributed by atoms with Gasteiger partial charge in [0.15, 0.2) is 6.61 Å². The van der Waals surface area contributed by atoms with Crippen LogP contribution in [-0.4, -0.2) is 64.6 Å². The average Bonchev–Trinajstić information content (AvgIpc) is 3.62. The molecule has 42 heavy (non-hydrogen) atoms. The molecule has 220 valence electrons. The lowest BCUT2D eigenvalue weighted by Crippen LogP contribution is -2.40. The Hall–Kier alpha value is -4.65. The molecule has 3 aromatic rings. The van der Waals surface area contributed by atoms with E-state index in [1.165, 1.54) is 34.3 Å². The molecule has 13 nitrogen and oxygen atoms in total. The number of alkyl halides is 3. The van der Waals surface area contributed by atoms with Gasteiger partial charge in [-0.1, -0.05) is 18.2 Å². The standard InChI is InChI=1S/C26H27F3N10O3/c1-17(13-38-16-33-36-37-38)42-25(9-3-2-4-18(25)10-30)19-11-31-24(32-12-19)34-22-14-39(20-5-7-21(40)8-6-20)35-23(22)41-15-26(27,28)29/h2-4,9,11-12,14,16-18,20H,5-8,13,15H2,1H3,(H,31,32,34)/t17-,18?,25?/m0/s1. The fourth-order valence-electron chi connectivity index (χ4n) is 4.92. The molecule has 5 rings (SSSR count). The number of hydrogen-bond donors (Lipinski definition) is 1. The monoisotopic (exact) mass is 584 g/mol. The van der Waals surface area contributed by atoms with Gasteiger partial charge in [-0.25, -0.2) is 14.6 Å². The van der Waals surface area contributed by atoms with Crippen LogP contribution in [0.25, 0.3) is 0 Å². The van der Waals surface area contributed by atoms with Crippen molar-refractivity contribution in [3.8, 4) is 11.9 Å². The van der Waals surface area contributed by atoms with E-state index in [2.05, 4.69) is 42.0 Å². The van der Waals surface area contributed by atoms with E-state index in [1.54, 1.807) is 24.3 Å². The van der Waals surface area contributed by atoms with Crippen LogP contribution in [0, 0.1) is 17.2 Å². The number of halogens is 3. The molecule has 1 N–H and O–H groups in total. The van der Waals surface area contributed by atoms with Crippen LogP contribution in [0.5, 0.6) is 5.88 Å². The molecule has 16 heteroatoms. The molecular weight excluding hydrogens is 557 g/mol. The zero-order valence-corrected chi connectivity index (χ0v) is 22.5. The Morgan fingerprint density at radius 3 is 2.67 bits per heavy atom. The van der Waals surface area contributed by atoms with Crippen molar-refractivity contribution in [2.75, 3.05) is 11.9 Å². The molecule has 2 aliphatic carbocycles. The molecule has 0 saturated heterocycles. The summed E-state index contributed by atoms with van der Waals surface area (Å²) in [5.74, 6) is -0.760. The van der Waals surface area contributed by atoms with Crippen molar-refractivity contribution in [2.45, 2.75) is 63.1 Å². The van der Waals surface area contributed by atoms with E-state index in [9.17, 15) is 23.2 Å². The largest absolute Gasteiger partial charge is 0.465 e. The van der Waals surface area contributed by atoms with Gasteiger partial charge in [0.1, 0.15) is 29.3 Å². The van der Waals surface area contributed by atoms with Crippen molar-refractivity contribution in [2.24, 2.45) is 5.92 Å². The van der Waals surface area contributed by atoms with E-state index in [4.69, 9.17) is 9.47 Å². The third kappa shape index (κ3) is 6.62. The highest BCUT2D eigenvalue weighted by Crippen LogP contribution is 2.40. The van der Waals surface area contributed by atoms with Gasteiger partial charge < -0.3 is 14.8 Å². The summed E-state index contributed by atoms with van der Waals surface area (Å²) in [6.07, 6.45) is 9.76. The van der Waals surface area contributed by atoms with Gasteiger partial charge in [-0.15, -0.1) is 10.2 Å². The first-order valence-electron chi connectivity index (χ1n) is 13.2. The average molecular weight is 585 g/mol. The Morgan fingerprint density at radius 1 is 1.24 bits per heavy atom. The van der Waals surface area contributed by atoms with E-state index in [1.807, 2.05) is 6.92 Å². The van der Waals surface area contributed by atoms with Gasteiger partial charge in [0, 0.05) is 30.8 Å². The highest BCUT2D eigenvalue weighted by atomic mass is 19.4. The quantitative estimate of drug-likeness (QED) is 0.371. The lowest BCUT2D eigenvalue weighted by Gasteiger charge is -2.37. The number of ether oxygens (including phenoxy) is 2. The third-order valence-electron chi connectivity index (χ3n) is 6.90. The number of rotatable bonds is 10. The fourth-order valence-corrected chi connectivity index (χ4v) is 4.92. The van der Waals surface area contributed by atoms with Crippen LogP contribution in [0.4, 0.5) is 24.8 Å². The van der Waals surface area contributed by atoms with Crippen molar-refractivity contribution in [3.05, 3.63) is 54.8 Å². The van der Waals surface area contributed by atoms with Gasteiger partial charge in [0.05, 0.1) is 31.0 Å². The first-order valence-corrected chi connectivity index (χ1v) is 13.2. The van der Waals surface area contributed by atoms with Gasteiger partial charge in [0.25, 0.3) is 5.88 Å². The molecule has 3 aromatic heterocycles. The Bertz CT molecular complexity index is 1470. The summed E-state index contributed by atoms with van der Waals surface area (Å²) in [5, 5.41) is 28.1. The van der Waals surface area contributed by atoms with E-state index >= 15 is 0 Å². The minimum absolute atomic E-state index is 0.0645. The molecule has 0 aliphatic heterocycles. The molecular formula is C26H27F3N10O3. The number of nitrogens with one attached hydrogen (secondary N) is 1. The normalized spacial score (nSPS) is 21.7. The van der Waals surface area contributed by atoms with Gasteiger partial charge >= 0.3 is 6.18 Å². The highest BCUT2D eigenvalue weighted by Gasteiger charge is 2.42. The Labute approximate surface area is 238 Å². The van der Waals surface area contributed by atoms with Gasteiger partial charge in [-0.3, -0.25) is 9.48 Å². The van der Waals surface area contributed by atoms with Gasteiger partial charge in [-0.2, -0.15) is 18.4 Å². The van der Waals surface area contributed by atoms with Crippen molar-refractivity contribution in [1.29, 1.82) is 5.26 Å². The lowest BCUT2D eigenvalue weighted by atomic mass is 9.80. The van der Waals surface area contributed by atoms with Crippen molar-refractivity contribution in [1.82, 2.24) is 40.0 Å². The molecule has 0 aromatic carbocycles. The van der Waals surface area contributed by atoms with E-state index in [0.717, 1.165) is 0 Å². The number of ketones is 1. The lowest BCUT2D eigenvalue weighted by molar-refractivity contribution is -0.154. The fraction of sp³-hybridized carbons (Fsp3) is 0.462. The number of allylic oxidation sites excluding steroid dienone is 2. The number of hydrogen-bond acceptors (Lipinski definition) is 11. The molecule has 0 bridgehead atoms. The van der Waals surface area contributed by atoms with Crippen LogP contribution >= 0.6 is 0 Å². The maximum Gasteiger partial charge on any atom is 0.422 e. The molecule has 2 aliphatic rings. The number of tetrazole rings is 1. The van der Waals surface area contributed by atoms with Crippen molar-refractivity contribution < 1.29 is 27.4 Å². The molecule has 0 amide bonds. The number of carbonyl (C=O) groups is 1. The van der Waals surface area contributed by atoms with Crippen molar-refractivity contribution >= 4 is 17.4 Å². The summed E-state index contributed by atoms with van der Waals surface area (Å²) in [6, 6.07) is 2.10. The number of nitrogens with zero attached hydrogens (tertiary/aromatic N) is 9. The number of Topliss-reactive ketones (excluding diaryl/α,β-unsaturated/α-hetero) is 1. The van der Waals surface area contributed by atoms with Gasteiger partial charge in [0.2, 0.25) is 5.95 Å². The van der Waals surface area contributed by atoms with Crippen LogP contribution in [0.15, 0.2) is 49.2 Å². The van der Waals surface area contributed by atoms with Crippen LogP contribution in [-0.2, 0) is 21.7 Å². The highest BCUT2D eigenvalue weighted by molar-refractivity contribution is 5.79. The SMILES string of the molecule is C[C@@H](Cn1cnnn1)OC1(c2cnc(Nc3cn(C4CCC(=O)CC4)nc3OCC(F)(F)F)nc2)C=CC=CC1C#N. The Kier molecular flexibility index (Phi) is 8.29. The van der Waals surface area contributed by atoms with Crippen LogP contribution in [0.3, 0.4) is 0 Å². The second kappa shape index (κ2) is 12.1. The second-order valence-corrected chi connectivity index (χ2v) is 10.0. The maximum atomic E-state index is 12.9. The summed E-state index contributed by atoms with van der Waals surface area (Å²) in [5.41, 5.74) is -0.597. The number of aromatic nitrogens is 8. The molecule has 0 radical (unpaired) electrons. The summed E-state index contributed by atoms with van der Waals surface area (Å²) >= 11 is 0. The van der Waals surface area contributed by atoms with E-state index in [-0.39, 0.29) is 29.3 Å². The minimum Gasteiger partial charge on any atom is -0.465 e. The number of carbonyl (C=O) groups excluding carboxylic acids is 1. The first-order chi connectivity index (χ1) is 20.1. The third-order valence-corrected chi connectivity index (χ3v) is 6.90. The minimum atomic E-state index is -4.56. The Balaban J connectivity index is 1.38. The summed E-state index contributed by atoms with van der Waals surface area (Å²) in [6.45, 7) is 0.619. The van der Waals surface area contributed by atoms with E-state index in [0.29, 0.717) is 37.8 Å². The topological polar surface area (TPSA) is 159 Å². The summed E-state index contributed by atoms with van der Waals surface area (Å²) in [4.78, 5) is 20.4. The summed E-state index contributed by atoms with van der Waals surface area (Å²) in [7, 11) is 0. The molecule has 3 heterocycles. The molecule has 1 saturated carbocycles. The van der Waals surface area contributed by atoms with Crippen LogP contribution < -0.4 is 10.1 Å². The Morgan fingerprint density at radius 2 is 2.00 bits per heavy atom. The predicted molar refractivity (Wildman–Crippen MR) is 139 cm³/mol. The van der Waals surface area contributed by atoms with Crippen LogP contribution in [0.2, 0.25) is 0 Å². The van der Waals surface area contributed by atoms with Crippen LogP contribution in [0.1, 0.15) is 44.2 Å². The van der Waals surface area contributed by atoms with E-state index < -0.39 is 30.4 Å². The van der Waals surface area contributed by atoms with Crippen molar-refractivity contribution in [3.63, 3.8) is 0 Å². The number of anilines is 2. The molecule has 2 unspecified atom stereocenters. The zero-order valence-electron chi connectivity index (χ0n) is 22.5. The zero-order chi connectivity index (χ0) is 29.7. The summed E-state index contributed by atoms with van der Waals surface area (Å²) < 4.78 is 53.2. The number of nitriles is 1.